The van der Waals surface area contributed by atoms with E-state index in [0.29, 0.717) is 29.8 Å². The summed E-state index contributed by atoms with van der Waals surface area (Å²) in [6.45, 7) is 2.92. The Morgan fingerprint density at radius 1 is 1.00 bits per heavy atom. The van der Waals surface area contributed by atoms with Gasteiger partial charge in [0, 0.05) is 34.6 Å². The minimum Gasteiger partial charge on any atom is -0.378 e. The molecular weight excluding hydrogens is 394 g/mol. The molecule has 3 aromatic rings. The molecule has 28 heavy (non-hydrogen) atoms. The highest BCUT2D eigenvalue weighted by molar-refractivity contribution is 7.84. The van der Waals surface area contributed by atoms with Crippen LogP contribution in [0.1, 0.15) is 5.69 Å². The van der Waals surface area contributed by atoms with Gasteiger partial charge in [0.05, 0.1) is 35.5 Å². The number of hydrogen-bond donors (Lipinski definition) is 0. The van der Waals surface area contributed by atoms with E-state index >= 15 is 0 Å². The summed E-state index contributed by atoms with van der Waals surface area (Å²) in [5.74, 6) is 1.81. The molecule has 7 heteroatoms. The third-order valence-corrected chi connectivity index (χ3v) is 6.10. The highest BCUT2D eigenvalue weighted by Crippen LogP contribution is 2.23. The molecular formula is C21H20ClN3O2S. The molecule has 144 valence electrons. The molecule has 1 aliphatic rings. The Morgan fingerprint density at radius 2 is 1.71 bits per heavy atom. The van der Waals surface area contributed by atoms with E-state index in [9.17, 15) is 4.21 Å². The average Bonchev–Trinajstić information content (AvgIpc) is 2.75. The van der Waals surface area contributed by atoms with Crippen LogP contribution in [0.25, 0.3) is 11.4 Å². The fourth-order valence-corrected chi connectivity index (χ4v) is 4.18. The first-order chi connectivity index (χ1) is 13.7. The van der Waals surface area contributed by atoms with E-state index in [0.717, 1.165) is 35.1 Å². The van der Waals surface area contributed by atoms with E-state index in [1.165, 1.54) is 0 Å². The van der Waals surface area contributed by atoms with Crippen molar-refractivity contribution in [1.82, 2.24) is 9.97 Å². The Balaban J connectivity index is 1.67. The quantitative estimate of drug-likeness (QED) is 0.634. The number of benzene rings is 2. The van der Waals surface area contributed by atoms with Crippen LogP contribution in [-0.4, -0.2) is 40.5 Å². The topological polar surface area (TPSA) is 55.3 Å². The summed E-state index contributed by atoms with van der Waals surface area (Å²) in [5.41, 5.74) is 1.69. The zero-order valence-corrected chi connectivity index (χ0v) is 16.8. The molecule has 0 aliphatic carbocycles. The van der Waals surface area contributed by atoms with Gasteiger partial charge in [0.1, 0.15) is 5.82 Å². The Labute approximate surface area is 171 Å². The van der Waals surface area contributed by atoms with Crippen LogP contribution in [-0.2, 0) is 21.3 Å². The first-order valence-electron chi connectivity index (χ1n) is 9.09. The summed E-state index contributed by atoms with van der Waals surface area (Å²) in [5, 5.41) is 0.628. The Bertz CT molecular complexity index is 961. The van der Waals surface area contributed by atoms with Crippen molar-refractivity contribution >= 4 is 28.2 Å². The summed E-state index contributed by atoms with van der Waals surface area (Å²) >= 11 is 5.94. The van der Waals surface area contributed by atoms with E-state index in [1.54, 1.807) is 24.3 Å². The van der Waals surface area contributed by atoms with Crippen LogP contribution >= 0.6 is 11.6 Å². The second-order valence-corrected chi connectivity index (χ2v) is 8.34. The second kappa shape index (κ2) is 8.82. The summed E-state index contributed by atoms with van der Waals surface area (Å²) in [6, 6.07) is 18.9. The molecule has 1 aromatic heterocycles. The van der Waals surface area contributed by atoms with Gasteiger partial charge in [0.15, 0.2) is 5.82 Å². The normalized spacial score (nSPS) is 15.4. The molecule has 1 atom stereocenters. The lowest BCUT2D eigenvalue weighted by molar-refractivity contribution is 0.122. The molecule has 1 saturated heterocycles. The molecule has 0 amide bonds. The molecule has 5 nitrogen and oxygen atoms in total. The van der Waals surface area contributed by atoms with Crippen LogP contribution in [0.2, 0.25) is 5.02 Å². The standard InChI is InChI=1S/C21H20ClN3O2S/c22-17-6-8-19(9-7-17)28(26)15-18-14-20(25-10-12-27-13-11-25)24-21(23-18)16-4-2-1-3-5-16/h1-9,14H,10-13,15H2/t28-/m1/s1. The number of aromatic nitrogens is 2. The lowest BCUT2D eigenvalue weighted by Gasteiger charge is -2.28. The number of morpholine rings is 1. The molecule has 0 spiro atoms. The van der Waals surface area contributed by atoms with Crippen LogP contribution in [0.4, 0.5) is 5.82 Å². The van der Waals surface area contributed by atoms with Gasteiger partial charge in [-0.15, -0.1) is 0 Å². The summed E-state index contributed by atoms with van der Waals surface area (Å²) in [7, 11) is -1.21. The highest BCUT2D eigenvalue weighted by atomic mass is 35.5. The van der Waals surface area contributed by atoms with Crippen LogP contribution in [0, 0.1) is 0 Å². The molecule has 2 aromatic carbocycles. The molecule has 0 saturated carbocycles. The minimum absolute atomic E-state index is 0.321. The lowest BCUT2D eigenvalue weighted by atomic mass is 10.2. The number of anilines is 1. The third-order valence-electron chi connectivity index (χ3n) is 4.49. The molecule has 4 rings (SSSR count). The van der Waals surface area contributed by atoms with Gasteiger partial charge in [-0.25, -0.2) is 9.97 Å². The maximum Gasteiger partial charge on any atom is 0.161 e. The van der Waals surface area contributed by atoms with Crippen molar-refractivity contribution < 1.29 is 8.95 Å². The molecule has 0 unspecified atom stereocenters. The molecule has 0 bridgehead atoms. The number of ether oxygens (including phenoxy) is 1. The molecule has 0 N–H and O–H groups in total. The second-order valence-electron chi connectivity index (χ2n) is 6.45. The zero-order chi connectivity index (χ0) is 19.3. The van der Waals surface area contributed by atoms with Crippen LogP contribution < -0.4 is 4.90 Å². The Hall–Kier alpha value is -2.28. The van der Waals surface area contributed by atoms with Gasteiger partial charge in [-0.3, -0.25) is 4.21 Å². The van der Waals surface area contributed by atoms with E-state index in [2.05, 4.69) is 4.90 Å². The first kappa shape index (κ1) is 19.1. The smallest absolute Gasteiger partial charge is 0.161 e. The van der Waals surface area contributed by atoms with Gasteiger partial charge in [-0.1, -0.05) is 41.9 Å². The Morgan fingerprint density at radius 3 is 2.43 bits per heavy atom. The fraction of sp³-hybridized carbons (Fsp3) is 0.238. The fourth-order valence-electron chi connectivity index (χ4n) is 3.03. The summed E-state index contributed by atoms with van der Waals surface area (Å²) in [4.78, 5) is 12.4. The van der Waals surface area contributed by atoms with Crippen LogP contribution in [0.15, 0.2) is 65.6 Å². The lowest BCUT2D eigenvalue weighted by Crippen LogP contribution is -2.37. The van der Waals surface area contributed by atoms with Gasteiger partial charge in [-0.05, 0) is 24.3 Å². The largest absolute Gasteiger partial charge is 0.378 e. The van der Waals surface area contributed by atoms with Crippen molar-refractivity contribution in [3.8, 4) is 11.4 Å². The van der Waals surface area contributed by atoms with Crippen molar-refractivity contribution in [3.63, 3.8) is 0 Å². The maximum absolute atomic E-state index is 12.8. The molecule has 1 fully saturated rings. The van der Waals surface area contributed by atoms with Crippen molar-refractivity contribution in [1.29, 1.82) is 0 Å². The SMILES string of the molecule is O=[S@](Cc1cc(N2CCOCC2)nc(-c2ccccc2)n1)c1ccc(Cl)cc1. The van der Waals surface area contributed by atoms with E-state index < -0.39 is 10.8 Å². The van der Waals surface area contributed by atoms with Crippen molar-refractivity contribution in [2.75, 3.05) is 31.2 Å². The van der Waals surface area contributed by atoms with Gasteiger partial charge in [0.25, 0.3) is 0 Å². The van der Waals surface area contributed by atoms with Crippen LogP contribution in [0.3, 0.4) is 0 Å². The number of rotatable bonds is 5. The van der Waals surface area contributed by atoms with E-state index in [4.69, 9.17) is 26.3 Å². The number of halogens is 1. The third kappa shape index (κ3) is 4.58. The monoisotopic (exact) mass is 413 g/mol. The van der Waals surface area contributed by atoms with Gasteiger partial charge in [0.2, 0.25) is 0 Å². The molecule has 1 aliphatic heterocycles. The minimum atomic E-state index is -1.21. The number of hydrogen-bond acceptors (Lipinski definition) is 5. The van der Waals surface area contributed by atoms with Gasteiger partial charge in [-0.2, -0.15) is 0 Å². The summed E-state index contributed by atoms with van der Waals surface area (Å²) in [6.07, 6.45) is 0. The molecule has 2 heterocycles. The van der Waals surface area contributed by atoms with Gasteiger partial charge < -0.3 is 9.64 Å². The Kier molecular flexibility index (Phi) is 6.00. The zero-order valence-electron chi connectivity index (χ0n) is 15.3. The van der Waals surface area contributed by atoms with Crippen molar-refractivity contribution in [3.05, 3.63) is 71.4 Å². The van der Waals surface area contributed by atoms with Gasteiger partial charge >= 0.3 is 0 Å². The van der Waals surface area contributed by atoms with E-state index in [-0.39, 0.29) is 0 Å². The predicted octanol–water partition coefficient (Wildman–Crippen LogP) is 3.94. The average molecular weight is 414 g/mol. The first-order valence-corrected chi connectivity index (χ1v) is 10.8. The number of nitrogens with zero attached hydrogens (tertiary/aromatic N) is 3. The van der Waals surface area contributed by atoms with Crippen molar-refractivity contribution in [2.24, 2.45) is 0 Å². The van der Waals surface area contributed by atoms with E-state index in [1.807, 2.05) is 36.4 Å². The van der Waals surface area contributed by atoms with Crippen molar-refractivity contribution in [2.45, 2.75) is 10.6 Å². The summed E-state index contributed by atoms with van der Waals surface area (Å²) < 4.78 is 18.3. The predicted molar refractivity (Wildman–Crippen MR) is 112 cm³/mol. The molecule has 0 radical (unpaired) electrons. The van der Waals surface area contributed by atoms with Crippen LogP contribution in [0.5, 0.6) is 0 Å². The maximum atomic E-state index is 12.8. The highest BCUT2D eigenvalue weighted by Gasteiger charge is 2.17.